The predicted molar refractivity (Wildman–Crippen MR) is 42.9 cm³/mol. The molecule has 0 aliphatic carbocycles. The molecule has 0 aromatic heterocycles. The maximum absolute atomic E-state index is 10.9. The molecule has 0 aromatic carbocycles. The fourth-order valence-electron chi connectivity index (χ4n) is 0.398. The number of halogens is 1. The van der Waals surface area contributed by atoms with Crippen molar-refractivity contribution < 1.29 is 17.4 Å². The zero-order chi connectivity index (χ0) is 9.78. The van der Waals surface area contributed by atoms with Crippen LogP contribution < -0.4 is 5.73 Å². The lowest BCUT2D eigenvalue weighted by Gasteiger charge is -2.12. The molecule has 8 heteroatoms. The van der Waals surface area contributed by atoms with Gasteiger partial charge in [0.25, 0.3) is 0 Å². The van der Waals surface area contributed by atoms with E-state index >= 15 is 0 Å². The van der Waals surface area contributed by atoms with Gasteiger partial charge in [0.15, 0.2) is 0 Å². The Morgan fingerprint density at radius 3 is 2.50 bits per heavy atom. The maximum atomic E-state index is 10.9. The average Bonchev–Trinajstić information content (AvgIpc) is 1.85. The first kappa shape index (κ1) is 11.5. The van der Waals surface area contributed by atoms with E-state index in [9.17, 15) is 13.2 Å². The lowest BCUT2D eigenvalue weighted by Crippen LogP contribution is -2.33. The summed E-state index contributed by atoms with van der Waals surface area (Å²) in [7, 11) is -2.82. The molecule has 6 nitrogen and oxygen atoms in total. The molecule has 0 spiro atoms. The molecule has 0 atom stereocenters. The molecule has 0 saturated carbocycles. The highest BCUT2D eigenvalue weighted by Crippen LogP contribution is 1.99. The van der Waals surface area contributed by atoms with Crippen molar-refractivity contribution in [2.75, 3.05) is 19.5 Å². The Labute approximate surface area is 75.5 Å². The molecular weight excluding hydrogens is 208 g/mol. The number of hydrogen-bond donors (Lipinski definition) is 1. The number of nitrogens with two attached hydrogens (primary N) is 1. The Morgan fingerprint density at radius 2 is 2.17 bits per heavy atom. The third kappa shape index (κ3) is 3.74. The second-order valence-electron chi connectivity index (χ2n) is 1.87. The smallest absolute Gasteiger partial charge is 0.334 e. The molecular formula is C4H9ClN2O4S. The van der Waals surface area contributed by atoms with Gasteiger partial charge >= 0.3 is 16.4 Å². The number of amides is 1. The second kappa shape index (κ2) is 4.48. The molecule has 0 fully saturated rings. The molecule has 2 N–H and O–H groups in total. The predicted octanol–water partition coefficient (Wildman–Crippen LogP) is -0.503. The zero-order valence-corrected chi connectivity index (χ0v) is 7.93. The topological polar surface area (TPSA) is 89.7 Å². The van der Waals surface area contributed by atoms with Gasteiger partial charge < -0.3 is 9.92 Å². The third-order valence-corrected chi connectivity index (χ3v) is 2.46. The number of rotatable bonds is 4. The molecule has 0 radical (unpaired) electrons. The molecule has 0 heterocycles. The summed E-state index contributed by atoms with van der Waals surface area (Å²) in [5, 5.41) is 0. The van der Waals surface area contributed by atoms with Crippen LogP contribution in [0.2, 0.25) is 0 Å². The van der Waals surface area contributed by atoms with Crippen molar-refractivity contribution in [3.8, 4) is 0 Å². The van der Waals surface area contributed by atoms with Crippen molar-refractivity contribution in [2.45, 2.75) is 0 Å². The molecule has 0 aliphatic heterocycles. The van der Waals surface area contributed by atoms with Crippen molar-refractivity contribution in [3.63, 3.8) is 0 Å². The Hall–Kier alpha value is -0.530. The van der Waals surface area contributed by atoms with Gasteiger partial charge in [0.2, 0.25) is 0 Å². The van der Waals surface area contributed by atoms with Crippen LogP contribution in [0.5, 0.6) is 0 Å². The van der Waals surface area contributed by atoms with E-state index in [1.54, 1.807) is 0 Å². The highest BCUT2D eigenvalue weighted by atomic mass is 35.5. The Kier molecular flexibility index (Phi) is 4.29. The molecule has 0 aliphatic rings. The van der Waals surface area contributed by atoms with Crippen molar-refractivity contribution >= 4 is 28.0 Å². The summed E-state index contributed by atoms with van der Waals surface area (Å²) in [6.45, 7) is 0.0527. The minimum absolute atomic E-state index is 0.0527. The normalized spacial score (nSPS) is 11.6. The van der Waals surface area contributed by atoms with Crippen LogP contribution in [-0.4, -0.2) is 38.3 Å². The van der Waals surface area contributed by atoms with Gasteiger partial charge in [0.1, 0.15) is 0 Å². The lowest BCUT2D eigenvalue weighted by atomic mass is 10.8. The Bertz CT molecular complexity index is 252. The summed E-state index contributed by atoms with van der Waals surface area (Å²) in [4.78, 5) is 10.1. The van der Waals surface area contributed by atoms with E-state index in [2.05, 4.69) is 9.92 Å². The van der Waals surface area contributed by atoms with E-state index in [1.807, 2.05) is 0 Å². The van der Waals surface area contributed by atoms with Gasteiger partial charge in [-0.15, -0.1) is 11.6 Å². The van der Waals surface area contributed by atoms with Crippen molar-refractivity contribution in [1.82, 2.24) is 4.31 Å². The van der Waals surface area contributed by atoms with Gasteiger partial charge in [-0.25, -0.2) is 4.79 Å². The van der Waals surface area contributed by atoms with Gasteiger partial charge in [0.05, 0.1) is 0 Å². The van der Waals surface area contributed by atoms with E-state index in [0.717, 1.165) is 4.31 Å². The Balaban J connectivity index is 4.30. The summed E-state index contributed by atoms with van der Waals surface area (Å²) in [6, 6.07) is 0. The molecule has 0 aromatic rings. The van der Waals surface area contributed by atoms with Crippen molar-refractivity contribution in [1.29, 1.82) is 0 Å². The summed E-state index contributed by atoms with van der Waals surface area (Å²) in [5.41, 5.74) is 4.51. The molecule has 0 bridgehead atoms. The van der Waals surface area contributed by atoms with Crippen LogP contribution in [0.25, 0.3) is 0 Å². The average molecular weight is 217 g/mol. The second-order valence-corrected chi connectivity index (χ2v) is 3.89. The molecule has 1 amide bonds. The quantitative estimate of drug-likeness (QED) is 0.642. The molecule has 0 unspecified atom stereocenters. The monoisotopic (exact) mass is 216 g/mol. The maximum Gasteiger partial charge on any atom is 0.421 e. The van der Waals surface area contributed by atoms with Crippen LogP contribution in [0.1, 0.15) is 0 Å². The van der Waals surface area contributed by atoms with Crippen LogP contribution in [0, 0.1) is 0 Å². The first-order chi connectivity index (χ1) is 5.40. The van der Waals surface area contributed by atoms with Gasteiger partial charge in [-0.3, -0.25) is 0 Å². The van der Waals surface area contributed by atoms with Gasteiger partial charge in [0, 0.05) is 19.5 Å². The van der Waals surface area contributed by atoms with E-state index in [-0.39, 0.29) is 12.4 Å². The van der Waals surface area contributed by atoms with E-state index in [1.165, 1.54) is 7.05 Å². The minimum Gasteiger partial charge on any atom is -0.334 e. The minimum atomic E-state index is -4.05. The van der Waals surface area contributed by atoms with E-state index < -0.39 is 16.4 Å². The van der Waals surface area contributed by atoms with Crippen LogP contribution in [-0.2, 0) is 14.5 Å². The first-order valence-electron chi connectivity index (χ1n) is 2.91. The van der Waals surface area contributed by atoms with Crippen molar-refractivity contribution in [2.24, 2.45) is 5.73 Å². The summed E-state index contributed by atoms with van der Waals surface area (Å²) in [6.07, 6.45) is -1.36. The number of nitrogens with zero attached hydrogens (tertiary/aromatic N) is 1. The van der Waals surface area contributed by atoms with E-state index in [4.69, 9.17) is 11.6 Å². The van der Waals surface area contributed by atoms with Crippen LogP contribution in [0.15, 0.2) is 0 Å². The summed E-state index contributed by atoms with van der Waals surface area (Å²) in [5.74, 6) is 0.109. The highest BCUT2D eigenvalue weighted by molar-refractivity contribution is 7.84. The lowest BCUT2D eigenvalue weighted by molar-refractivity contribution is 0.208. The fourth-order valence-corrected chi connectivity index (χ4v) is 1.40. The molecule has 72 valence electrons. The highest BCUT2D eigenvalue weighted by Gasteiger charge is 2.20. The van der Waals surface area contributed by atoms with Crippen LogP contribution in [0.4, 0.5) is 4.79 Å². The Morgan fingerprint density at radius 1 is 1.67 bits per heavy atom. The summed E-state index contributed by atoms with van der Waals surface area (Å²) < 4.78 is 26.4. The number of alkyl halides is 1. The number of primary amides is 1. The van der Waals surface area contributed by atoms with Gasteiger partial charge in [-0.1, -0.05) is 0 Å². The largest absolute Gasteiger partial charge is 0.421 e. The SMILES string of the molecule is CN(CCCl)S(=O)(=O)OC(N)=O. The van der Waals surface area contributed by atoms with E-state index in [0.29, 0.717) is 0 Å². The number of hydrogen-bond acceptors (Lipinski definition) is 4. The fraction of sp³-hybridized carbons (Fsp3) is 0.750. The summed E-state index contributed by atoms with van der Waals surface area (Å²) >= 11 is 5.26. The molecule has 0 saturated heterocycles. The molecule has 0 rings (SSSR count). The third-order valence-electron chi connectivity index (χ3n) is 0.969. The number of carbonyl (C=O) groups is 1. The van der Waals surface area contributed by atoms with Crippen LogP contribution in [0.3, 0.4) is 0 Å². The zero-order valence-electron chi connectivity index (χ0n) is 6.36. The van der Waals surface area contributed by atoms with Gasteiger partial charge in [-0.05, 0) is 0 Å². The standard InChI is InChI=1S/C4H9ClN2O4S/c1-7(3-2-5)12(9,10)11-4(6)8/h2-3H2,1H3,(H2,6,8). The number of carbonyl (C=O) groups excluding carboxylic acids is 1. The van der Waals surface area contributed by atoms with Gasteiger partial charge in [-0.2, -0.15) is 12.7 Å². The molecule has 12 heavy (non-hydrogen) atoms. The van der Waals surface area contributed by atoms with Crippen LogP contribution >= 0.6 is 11.6 Å². The first-order valence-corrected chi connectivity index (χ1v) is 4.81. The van der Waals surface area contributed by atoms with Crippen molar-refractivity contribution in [3.05, 3.63) is 0 Å².